The summed E-state index contributed by atoms with van der Waals surface area (Å²) in [5.41, 5.74) is 5.56. The zero-order valence-electron chi connectivity index (χ0n) is 15.6. The van der Waals surface area contributed by atoms with E-state index in [4.69, 9.17) is 10.5 Å². The van der Waals surface area contributed by atoms with Crippen molar-refractivity contribution in [3.05, 3.63) is 0 Å². The molecule has 3 nitrogen and oxygen atoms in total. The maximum Gasteiger partial charge on any atom is 0.146 e. The Balaban J connectivity index is 4.49. The Labute approximate surface area is 138 Å². The second-order valence-electron chi connectivity index (χ2n) is 7.26. The van der Waals surface area contributed by atoms with Gasteiger partial charge in [0.1, 0.15) is 5.78 Å². The first-order valence-corrected chi connectivity index (χ1v) is 9.24. The molecule has 0 aromatic rings. The van der Waals surface area contributed by atoms with Gasteiger partial charge in [-0.15, -0.1) is 0 Å². The summed E-state index contributed by atoms with van der Waals surface area (Å²) in [5, 5.41) is 0. The quantitative estimate of drug-likeness (QED) is 0.505. The van der Waals surface area contributed by atoms with Gasteiger partial charge in [-0.3, -0.25) is 4.79 Å². The molecule has 0 bridgehead atoms. The van der Waals surface area contributed by atoms with Crippen LogP contribution in [0.5, 0.6) is 0 Å². The Morgan fingerprint density at radius 2 is 1.91 bits per heavy atom. The number of Topliss-reactive ketones (excluding diaryl/α,β-unsaturated/α-hetero) is 1. The summed E-state index contributed by atoms with van der Waals surface area (Å²) >= 11 is 0. The highest BCUT2D eigenvalue weighted by atomic mass is 16.5. The minimum atomic E-state index is 0.0793. The molecule has 0 aliphatic carbocycles. The van der Waals surface area contributed by atoms with Crippen molar-refractivity contribution < 1.29 is 9.53 Å². The van der Waals surface area contributed by atoms with Crippen LogP contribution in [0.15, 0.2) is 0 Å². The number of ketones is 1. The molecule has 0 saturated carbocycles. The van der Waals surface area contributed by atoms with Crippen LogP contribution in [0.2, 0.25) is 0 Å². The van der Waals surface area contributed by atoms with Gasteiger partial charge in [-0.05, 0) is 37.0 Å². The Hall–Kier alpha value is -0.410. The highest BCUT2D eigenvalue weighted by Crippen LogP contribution is 2.35. The molecule has 0 aromatic carbocycles. The van der Waals surface area contributed by atoms with Crippen LogP contribution in [-0.2, 0) is 9.53 Å². The first kappa shape index (κ1) is 21.6. The molecular formula is C19H39NO2. The lowest BCUT2D eigenvalue weighted by Gasteiger charge is -2.32. The lowest BCUT2D eigenvalue weighted by Crippen LogP contribution is -2.28. The molecule has 0 rings (SSSR count). The number of carbonyl (C=O) groups is 1. The van der Waals surface area contributed by atoms with Crippen molar-refractivity contribution in [1.82, 2.24) is 0 Å². The molecule has 3 heteroatoms. The maximum absolute atomic E-state index is 11.7. The molecule has 0 heterocycles. The monoisotopic (exact) mass is 313 g/mol. The molecule has 0 saturated heterocycles. The van der Waals surface area contributed by atoms with Crippen LogP contribution in [0.1, 0.15) is 86.0 Å². The molecule has 0 aliphatic rings. The molecule has 132 valence electrons. The first-order valence-electron chi connectivity index (χ1n) is 9.24. The number of hydrogen-bond acceptors (Lipinski definition) is 3. The van der Waals surface area contributed by atoms with Crippen molar-refractivity contribution in [3.63, 3.8) is 0 Å². The zero-order chi connectivity index (χ0) is 17.0. The topological polar surface area (TPSA) is 52.3 Å². The zero-order valence-corrected chi connectivity index (χ0v) is 15.6. The van der Waals surface area contributed by atoms with Gasteiger partial charge in [0.2, 0.25) is 0 Å². The normalized spacial score (nSPS) is 17.0. The Morgan fingerprint density at radius 1 is 1.23 bits per heavy atom. The fraction of sp³-hybridized carbons (Fsp3) is 0.947. The van der Waals surface area contributed by atoms with Crippen LogP contribution in [0.3, 0.4) is 0 Å². The lowest BCUT2D eigenvalue weighted by atomic mass is 9.74. The number of rotatable bonds is 14. The van der Waals surface area contributed by atoms with E-state index in [2.05, 4.69) is 34.6 Å². The summed E-state index contributed by atoms with van der Waals surface area (Å²) in [6, 6.07) is 0. The minimum Gasteiger partial charge on any atom is -0.378 e. The van der Waals surface area contributed by atoms with E-state index < -0.39 is 0 Å². The fourth-order valence-electron chi connectivity index (χ4n) is 3.25. The van der Waals surface area contributed by atoms with Crippen LogP contribution in [0.4, 0.5) is 0 Å². The summed E-state index contributed by atoms with van der Waals surface area (Å²) in [7, 11) is 0. The SMILES string of the molecule is CCCC[C@@H](C[C@H](C)C[C@@](C)(CC)CC(=O)CN)OCCC. The number of unbranched alkanes of at least 4 members (excludes halogenated alkanes) is 1. The average Bonchev–Trinajstić information content (AvgIpc) is 2.49. The molecule has 0 fully saturated rings. The van der Waals surface area contributed by atoms with Crippen molar-refractivity contribution in [2.24, 2.45) is 17.1 Å². The van der Waals surface area contributed by atoms with Gasteiger partial charge in [0.25, 0.3) is 0 Å². The van der Waals surface area contributed by atoms with E-state index in [1.807, 2.05) is 0 Å². The Kier molecular flexibility index (Phi) is 11.8. The van der Waals surface area contributed by atoms with E-state index in [-0.39, 0.29) is 17.7 Å². The van der Waals surface area contributed by atoms with Crippen molar-refractivity contribution in [2.45, 2.75) is 92.1 Å². The molecule has 0 amide bonds. The van der Waals surface area contributed by atoms with Gasteiger partial charge in [0, 0.05) is 13.0 Å². The highest BCUT2D eigenvalue weighted by molar-refractivity contribution is 5.80. The number of nitrogens with two attached hydrogens (primary N) is 1. The second-order valence-corrected chi connectivity index (χ2v) is 7.26. The van der Waals surface area contributed by atoms with E-state index in [1.54, 1.807) is 0 Å². The van der Waals surface area contributed by atoms with E-state index in [9.17, 15) is 4.79 Å². The molecule has 0 aliphatic heterocycles. The van der Waals surface area contributed by atoms with E-state index in [0.29, 0.717) is 18.4 Å². The predicted octanol–water partition coefficient (Wildman–Crippen LogP) is 4.72. The third kappa shape index (κ3) is 9.58. The largest absolute Gasteiger partial charge is 0.378 e. The molecule has 0 unspecified atom stereocenters. The molecular weight excluding hydrogens is 274 g/mol. The number of carbonyl (C=O) groups excluding carboxylic acids is 1. The van der Waals surface area contributed by atoms with E-state index >= 15 is 0 Å². The summed E-state index contributed by atoms with van der Waals surface area (Å²) < 4.78 is 6.03. The third-order valence-corrected chi connectivity index (χ3v) is 4.65. The number of hydrogen-bond donors (Lipinski definition) is 1. The van der Waals surface area contributed by atoms with E-state index in [0.717, 1.165) is 38.7 Å². The Bertz CT molecular complexity index is 285. The van der Waals surface area contributed by atoms with Gasteiger partial charge >= 0.3 is 0 Å². The second kappa shape index (κ2) is 12.1. The van der Waals surface area contributed by atoms with Crippen molar-refractivity contribution in [2.75, 3.05) is 13.2 Å². The van der Waals surface area contributed by atoms with Gasteiger partial charge in [-0.25, -0.2) is 0 Å². The average molecular weight is 314 g/mol. The first-order chi connectivity index (χ1) is 10.4. The van der Waals surface area contributed by atoms with Crippen LogP contribution in [-0.4, -0.2) is 25.0 Å². The standard InChI is InChI=1S/C19H39NO2/c1-6-9-10-18(22-11-7-2)12-16(4)13-19(5,8-3)14-17(21)15-20/h16,18H,6-15,20H2,1-5H3/t16-,18-,19+/m0/s1. The molecule has 2 N–H and O–H groups in total. The molecule has 3 atom stereocenters. The Morgan fingerprint density at radius 3 is 2.41 bits per heavy atom. The third-order valence-electron chi connectivity index (χ3n) is 4.65. The fourth-order valence-corrected chi connectivity index (χ4v) is 3.25. The lowest BCUT2D eigenvalue weighted by molar-refractivity contribution is -0.120. The minimum absolute atomic E-state index is 0.0793. The van der Waals surface area contributed by atoms with Crippen LogP contribution < -0.4 is 5.73 Å². The van der Waals surface area contributed by atoms with Gasteiger partial charge < -0.3 is 10.5 Å². The van der Waals surface area contributed by atoms with Gasteiger partial charge in [0.05, 0.1) is 12.6 Å². The summed E-state index contributed by atoms with van der Waals surface area (Å²) in [4.78, 5) is 11.7. The summed E-state index contributed by atoms with van der Waals surface area (Å²) in [6.45, 7) is 12.1. The predicted molar refractivity (Wildman–Crippen MR) is 95.0 cm³/mol. The van der Waals surface area contributed by atoms with Gasteiger partial charge in [0.15, 0.2) is 0 Å². The van der Waals surface area contributed by atoms with Gasteiger partial charge in [-0.1, -0.05) is 53.9 Å². The van der Waals surface area contributed by atoms with Crippen molar-refractivity contribution in [1.29, 1.82) is 0 Å². The van der Waals surface area contributed by atoms with Crippen LogP contribution in [0.25, 0.3) is 0 Å². The summed E-state index contributed by atoms with van der Waals surface area (Å²) in [6.07, 6.45) is 8.88. The molecule has 22 heavy (non-hydrogen) atoms. The van der Waals surface area contributed by atoms with Gasteiger partial charge in [-0.2, -0.15) is 0 Å². The molecule has 0 spiro atoms. The molecule has 0 aromatic heterocycles. The smallest absolute Gasteiger partial charge is 0.146 e. The van der Waals surface area contributed by atoms with Crippen molar-refractivity contribution in [3.8, 4) is 0 Å². The maximum atomic E-state index is 11.7. The highest BCUT2D eigenvalue weighted by Gasteiger charge is 2.28. The van der Waals surface area contributed by atoms with Crippen LogP contribution in [0, 0.1) is 11.3 Å². The van der Waals surface area contributed by atoms with E-state index in [1.165, 1.54) is 12.8 Å². The molecule has 0 radical (unpaired) electrons. The summed E-state index contributed by atoms with van der Waals surface area (Å²) in [5.74, 6) is 0.760. The van der Waals surface area contributed by atoms with Crippen LogP contribution >= 0.6 is 0 Å². The van der Waals surface area contributed by atoms with Crippen molar-refractivity contribution >= 4 is 5.78 Å². The number of ether oxygens (including phenoxy) is 1.